The highest BCUT2D eigenvalue weighted by Crippen LogP contribution is 2.10. The minimum Gasteiger partial charge on any atom is -0.481 e. The van der Waals surface area contributed by atoms with Crippen LogP contribution in [0, 0.1) is 5.92 Å². The lowest BCUT2D eigenvalue weighted by Gasteiger charge is -2.03. The normalized spacial score (nSPS) is 13.6. The first-order chi connectivity index (χ1) is 4.54. The number of alkyl halides is 2. The third-order valence-corrected chi connectivity index (χ3v) is 1.24. The molecule has 0 aromatic rings. The second-order valence-electron chi connectivity index (χ2n) is 2.21. The summed E-state index contributed by atoms with van der Waals surface area (Å²) in [6.45, 7) is 1.42. The lowest BCUT2D eigenvalue weighted by Crippen LogP contribution is -2.10. The molecule has 0 aliphatic rings. The summed E-state index contributed by atoms with van der Waals surface area (Å²) in [4.78, 5) is 10.1. The number of carboxylic acid groups (broad SMARTS) is 1. The lowest BCUT2D eigenvalue weighted by atomic mass is 10.1. The zero-order chi connectivity index (χ0) is 8.15. The van der Waals surface area contributed by atoms with Crippen molar-refractivity contribution in [1.82, 2.24) is 0 Å². The standard InChI is InChI=1S/C6H10F2O2/c1-4(6(9)10)2-3-5(7)8/h4-5H,2-3H2,1H3,(H,9,10)/t4-/m0/s1. The number of rotatable bonds is 4. The molecular formula is C6H10F2O2. The first-order valence-corrected chi connectivity index (χ1v) is 3.05. The first kappa shape index (κ1) is 9.33. The van der Waals surface area contributed by atoms with Crippen molar-refractivity contribution in [2.45, 2.75) is 26.2 Å². The van der Waals surface area contributed by atoms with E-state index in [1.165, 1.54) is 6.92 Å². The Bertz CT molecular complexity index is 114. The van der Waals surface area contributed by atoms with Gasteiger partial charge >= 0.3 is 5.97 Å². The van der Waals surface area contributed by atoms with Crippen LogP contribution < -0.4 is 0 Å². The summed E-state index contributed by atoms with van der Waals surface area (Å²) in [5, 5.41) is 8.25. The molecule has 10 heavy (non-hydrogen) atoms. The van der Waals surface area contributed by atoms with Gasteiger partial charge in [-0.1, -0.05) is 6.92 Å². The Kier molecular flexibility index (Phi) is 3.91. The molecule has 0 heterocycles. The van der Waals surface area contributed by atoms with Crippen LogP contribution in [0.1, 0.15) is 19.8 Å². The van der Waals surface area contributed by atoms with Crippen LogP contribution in [-0.4, -0.2) is 17.5 Å². The van der Waals surface area contributed by atoms with Crippen molar-refractivity contribution in [3.8, 4) is 0 Å². The molecule has 0 aliphatic heterocycles. The molecule has 4 heteroatoms. The van der Waals surface area contributed by atoms with Crippen molar-refractivity contribution < 1.29 is 18.7 Å². The van der Waals surface area contributed by atoms with E-state index in [1.807, 2.05) is 0 Å². The van der Waals surface area contributed by atoms with E-state index in [0.717, 1.165) is 0 Å². The van der Waals surface area contributed by atoms with E-state index < -0.39 is 18.3 Å². The lowest BCUT2D eigenvalue weighted by molar-refractivity contribution is -0.141. The van der Waals surface area contributed by atoms with Gasteiger partial charge in [-0.3, -0.25) is 4.79 Å². The molecule has 0 saturated carbocycles. The van der Waals surface area contributed by atoms with Crippen LogP contribution in [0.25, 0.3) is 0 Å². The van der Waals surface area contributed by atoms with Gasteiger partial charge in [0.05, 0.1) is 5.92 Å². The van der Waals surface area contributed by atoms with Crippen molar-refractivity contribution in [3.05, 3.63) is 0 Å². The Morgan fingerprint density at radius 2 is 2.00 bits per heavy atom. The second kappa shape index (κ2) is 4.19. The Hall–Kier alpha value is -0.670. The molecule has 0 radical (unpaired) electrons. The van der Waals surface area contributed by atoms with Gasteiger partial charge in [0.15, 0.2) is 0 Å². The molecule has 1 N–H and O–H groups in total. The van der Waals surface area contributed by atoms with E-state index >= 15 is 0 Å². The molecular weight excluding hydrogens is 142 g/mol. The predicted molar refractivity (Wildman–Crippen MR) is 32.0 cm³/mol. The fourth-order valence-electron chi connectivity index (χ4n) is 0.499. The molecule has 0 aromatic heterocycles. The van der Waals surface area contributed by atoms with Crippen LogP contribution in [-0.2, 0) is 4.79 Å². The molecule has 0 spiro atoms. The smallest absolute Gasteiger partial charge is 0.306 e. The monoisotopic (exact) mass is 152 g/mol. The second-order valence-corrected chi connectivity index (χ2v) is 2.21. The Morgan fingerprint density at radius 3 is 2.30 bits per heavy atom. The third kappa shape index (κ3) is 4.23. The minimum absolute atomic E-state index is 0.0486. The van der Waals surface area contributed by atoms with Crippen molar-refractivity contribution in [2.24, 2.45) is 5.92 Å². The van der Waals surface area contributed by atoms with E-state index in [1.54, 1.807) is 0 Å². The summed E-state index contributed by atoms with van der Waals surface area (Å²) in [6.07, 6.45) is -2.66. The van der Waals surface area contributed by atoms with Crippen molar-refractivity contribution >= 4 is 5.97 Å². The van der Waals surface area contributed by atoms with Crippen LogP contribution in [0.3, 0.4) is 0 Å². The molecule has 60 valence electrons. The zero-order valence-electron chi connectivity index (χ0n) is 5.68. The average Bonchev–Trinajstić information content (AvgIpc) is 1.82. The maximum absolute atomic E-state index is 11.5. The quantitative estimate of drug-likeness (QED) is 0.666. The zero-order valence-corrected chi connectivity index (χ0v) is 5.68. The predicted octanol–water partition coefficient (Wildman–Crippen LogP) is 1.75. The number of halogens is 2. The molecule has 0 rings (SSSR count). The molecule has 0 amide bonds. The van der Waals surface area contributed by atoms with Gasteiger partial charge in [-0.25, -0.2) is 8.78 Å². The number of carboxylic acids is 1. The van der Waals surface area contributed by atoms with Crippen LogP contribution >= 0.6 is 0 Å². The van der Waals surface area contributed by atoms with E-state index in [-0.39, 0.29) is 12.8 Å². The molecule has 1 atom stereocenters. The van der Waals surface area contributed by atoms with Gasteiger partial charge in [-0.15, -0.1) is 0 Å². The maximum Gasteiger partial charge on any atom is 0.306 e. The molecule has 2 nitrogen and oxygen atoms in total. The average molecular weight is 152 g/mol. The maximum atomic E-state index is 11.5. The molecule has 0 unspecified atom stereocenters. The van der Waals surface area contributed by atoms with E-state index in [9.17, 15) is 13.6 Å². The van der Waals surface area contributed by atoms with Crippen LogP contribution in [0.4, 0.5) is 8.78 Å². The largest absolute Gasteiger partial charge is 0.481 e. The highest BCUT2D eigenvalue weighted by Gasteiger charge is 2.13. The van der Waals surface area contributed by atoms with Crippen molar-refractivity contribution in [3.63, 3.8) is 0 Å². The van der Waals surface area contributed by atoms with E-state index in [0.29, 0.717) is 0 Å². The Balaban J connectivity index is 3.40. The van der Waals surface area contributed by atoms with Gasteiger partial charge in [-0.05, 0) is 6.42 Å². The fourth-order valence-corrected chi connectivity index (χ4v) is 0.499. The highest BCUT2D eigenvalue weighted by molar-refractivity contribution is 5.69. The summed E-state index contributed by atoms with van der Waals surface area (Å²) in [6, 6.07) is 0. The van der Waals surface area contributed by atoms with Gasteiger partial charge in [0, 0.05) is 6.42 Å². The van der Waals surface area contributed by atoms with E-state index in [4.69, 9.17) is 5.11 Å². The molecule has 0 aliphatic carbocycles. The topological polar surface area (TPSA) is 37.3 Å². The van der Waals surface area contributed by atoms with Gasteiger partial charge in [0.1, 0.15) is 0 Å². The summed E-state index contributed by atoms with van der Waals surface area (Å²) in [7, 11) is 0. The van der Waals surface area contributed by atoms with Crippen molar-refractivity contribution in [1.29, 1.82) is 0 Å². The van der Waals surface area contributed by atoms with Gasteiger partial charge in [-0.2, -0.15) is 0 Å². The number of hydrogen-bond acceptors (Lipinski definition) is 1. The fraction of sp³-hybridized carbons (Fsp3) is 0.833. The summed E-state index contributed by atoms with van der Waals surface area (Å²) in [5.41, 5.74) is 0. The number of hydrogen-bond donors (Lipinski definition) is 1. The number of carbonyl (C=O) groups is 1. The summed E-state index contributed by atoms with van der Waals surface area (Å²) in [5.74, 6) is -1.67. The minimum atomic E-state index is -2.39. The molecule has 0 saturated heterocycles. The van der Waals surface area contributed by atoms with Crippen molar-refractivity contribution in [2.75, 3.05) is 0 Å². The summed E-state index contributed by atoms with van der Waals surface area (Å²) >= 11 is 0. The molecule has 0 fully saturated rings. The van der Waals surface area contributed by atoms with E-state index in [2.05, 4.69) is 0 Å². The van der Waals surface area contributed by atoms with Crippen LogP contribution in [0.5, 0.6) is 0 Å². The third-order valence-electron chi connectivity index (χ3n) is 1.24. The van der Waals surface area contributed by atoms with Gasteiger partial charge in [0.25, 0.3) is 0 Å². The highest BCUT2D eigenvalue weighted by atomic mass is 19.3. The van der Waals surface area contributed by atoms with Crippen LogP contribution in [0.2, 0.25) is 0 Å². The van der Waals surface area contributed by atoms with Crippen LogP contribution in [0.15, 0.2) is 0 Å². The Morgan fingerprint density at radius 1 is 1.50 bits per heavy atom. The SMILES string of the molecule is C[C@@H](CCC(F)F)C(=O)O. The summed E-state index contributed by atoms with van der Waals surface area (Å²) < 4.78 is 22.9. The molecule has 0 aromatic carbocycles. The molecule has 0 bridgehead atoms. The Labute approximate surface area is 57.9 Å². The van der Waals surface area contributed by atoms with Gasteiger partial charge in [0.2, 0.25) is 6.43 Å². The first-order valence-electron chi connectivity index (χ1n) is 3.05. The number of aliphatic carboxylic acids is 1. The van der Waals surface area contributed by atoms with Gasteiger partial charge < -0.3 is 5.11 Å².